The topological polar surface area (TPSA) is 83.4 Å². The summed E-state index contributed by atoms with van der Waals surface area (Å²) in [7, 11) is 2.01. The van der Waals surface area contributed by atoms with Gasteiger partial charge in [0, 0.05) is 55.7 Å². The zero-order chi connectivity index (χ0) is 23.1. The summed E-state index contributed by atoms with van der Waals surface area (Å²) in [5.41, 5.74) is 9.88. The van der Waals surface area contributed by atoms with E-state index in [1.807, 2.05) is 38.4 Å². The van der Waals surface area contributed by atoms with Crippen molar-refractivity contribution < 1.29 is 4.74 Å². The van der Waals surface area contributed by atoms with Crippen LogP contribution in [-0.2, 0) is 4.74 Å². The maximum absolute atomic E-state index is 7.36. The van der Waals surface area contributed by atoms with Crippen LogP contribution in [0.5, 0.6) is 0 Å². The van der Waals surface area contributed by atoms with Gasteiger partial charge in [-0.1, -0.05) is 18.6 Å². The molecule has 0 amide bonds. The monoisotopic (exact) mass is 430 g/mol. The number of allylic oxidation sites excluding steroid dienone is 3. The second-order valence-electron chi connectivity index (χ2n) is 7.48. The van der Waals surface area contributed by atoms with Crippen LogP contribution in [0, 0.1) is 17.8 Å². The fraction of sp³-hybridized carbons (Fsp3) is 0.280. The minimum Gasteiger partial charge on any atom is -0.385 e. The fourth-order valence-corrected chi connectivity index (χ4v) is 3.63. The zero-order valence-electron chi connectivity index (χ0n) is 18.7. The van der Waals surface area contributed by atoms with Crippen LogP contribution in [0.25, 0.3) is 22.6 Å². The van der Waals surface area contributed by atoms with Crippen LogP contribution in [0.15, 0.2) is 54.8 Å². The van der Waals surface area contributed by atoms with Crippen molar-refractivity contribution in [3.63, 3.8) is 0 Å². The van der Waals surface area contributed by atoms with Crippen LogP contribution in [0.2, 0.25) is 0 Å². The second kappa shape index (κ2) is 10.5. The number of nitrogens with two attached hydrogens (primary N) is 1. The predicted octanol–water partition coefficient (Wildman–Crippen LogP) is 3.32. The Morgan fingerprint density at radius 2 is 2.19 bits per heavy atom. The molecule has 0 aromatic carbocycles. The summed E-state index contributed by atoms with van der Waals surface area (Å²) < 4.78 is 7.31. The Balaban J connectivity index is 2.07. The number of hydrogen-bond acceptors (Lipinski definition) is 6. The summed E-state index contributed by atoms with van der Waals surface area (Å²) in [4.78, 5) is 9.22. The van der Waals surface area contributed by atoms with E-state index in [0.717, 1.165) is 46.8 Å². The molecule has 1 aliphatic rings. The Kier molecular flexibility index (Phi) is 7.53. The molecule has 2 aromatic rings. The summed E-state index contributed by atoms with van der Waals surface area (Å²) in [6.45, 7) is 9.92. The lowest BCUT2D eigenvalue weighted by atomic mass is 10.1. The molecule has 32 heavy (non-hydrogen) atoms. The third kappa shape index (κ3) is 4.93. The second-order valence-corrected chi connectivity index (χ2v) is 7.48. The molecule has 0 radical (unpaired) electrons. The maximum atomic E-state index is 7.36. The highest BCUT2D eigenvalue weighted by Crippen LogP contribution is 2.31. The van der Waals surface area contributed by atoms with Crippen molar-refractivity contribution in [1.82, 2.24) is 14.5 Å². The van der Waals surface area contributed by atoms with Crippen molar-refractivity contribution in [2.75, 3.05) is 44.8 Å². The van der Waals surface area contributed by atoms with Crippen molar-refractivity contribution in [2.24, 2.45) is 5.73 Å². The van der Waals surface area contributed by atoms with Crippen molar-refractivity contribution >= 4 is 34.6 Å². The van der Waals surface area contributed by atoms with Crippen molar-refractivity contribution in [3.05, 3.63) is 60.3 Å². The number of likely N-dealkylation sites (N-methyl/N-ethyl adjacent to an activating group) is 1. The number of rotatable bonds is 8. The molecule has 0 spiro atoms. The number of nitrogens with zero attached hydrogens (tertiary/aromatic N) is 4. The Hall–Kier alpha value is -3.76. The van der Waals surface area contributed by atoms with E-state index < -0.39 is 0 Å². The third-order valence-electron chi connectivity index (χ3n) is 5.47. The van der Waals surface area contributed by atoms with Crippen LogP contribution in [0.3, 0.4) is 0 Å². The summed E-state index contributed by atoms with van der Waals surface area (Å²) >= 11 is 0. The lowest BCUT2D eigenvalue weighted by Gasteiger charge is -2.29. The molecule has 3 N–H and O–H groups in total. The zero-order valence-corrected chi connectivity index (χ0v) is 18.7. The molecule has 1 aliphatic heterocycles. The van der Waals surface area contributed by atoms with Gasteiger partial charge in [-0.15, -0.1) is 6.42 Å². The van der Waals surface area contributed by atoms with Crippen LogP contribution in [-0.4, -0.2) is 60.6 Å². The van der Waals surface area contributed by atoms with E-state index in [9.17, 15) is 0 Å². The van der Waals surface area contributed by atoms with E-state index in [-0.39, 0.29) is 0 Å². The standard InChI is InChI=1S/C25H30N6O/c1-5-7-8-20(6-2)18-29(4)19(3)22-17-24(30-13-15-32-16-14-30)28-25-21(22)10-12-31(25)23(27)9-11-26/h1,6-12,17,26H,3,13-16,18,27H2,2,4H3/b8-7-,20-6+,23-9+,26-11?. The molecule has 0 aliphatic carbocycles. The van der Waals surface area contributed by atoms with Crippen LogP contribution in [0.1, 0.15) is 12.5 Å². The molecule has 1 fully saturated rings. The van der Waals surface area contributed by atoms with Gasteiger partial charge in [0.15, 0.2) is 0 Å². The molecule has 0 atom stereocenters. The molecule has 3 heterocycles. The minimum absolute atomic E-state index is 0.433. The fourth-order valence-electron chi connectivity index (χ4n) is 3.63. The maximum Gasteiger partial charge on any atom is 0.148 e. The molecular formula is C25H30N6O. The van der Waals surface area contributed by atoms with E-state index in [2.05, 4.69) is 28.4 Å². The highest BCUT2D eigenvalue weighted by molar-refractivity contribution is 5.93. The number of terminal acetylenes is 1. The van der Waals surface area contributed by atoms with Crippen molar-refractivity contribution in [3.8, 4) is 12.3 Å². The average Bonchev–Trinajstić information content (AvgIpc) is 3.25. The highest BCUT2D eigenvalue weighted by Gasteiger charge is 2.20. The highest BCUT2D eigenvalue weighted by atomic mass is 16.5. The summed E-state index contributed by atoms with van der Waals surface area (Å²) in [6, 6.07) is 4.07. The first kappa shape index (κ1) is 22.9. The Labute approximate surface area is 189 Å². The van der Waals surface area contributed by atoms with E-state index in [4.69, 9.17) is 27.3 Å². The van der Waals surface area contributed by atoms with Crippen LogP contribution >= 0.6 is 0 Å². The largest absolute Gasteiger partial charge is 0.385 e. The SMILES string of the molecule is C#C/C=C\C(=C/C)CN(C)C(=C)c1cc(N2CCOCC2)nc2c1ccn2/C(N)=C/C=N. The lowest BCUT2D eigenvalue weighted by Crippen LogP contribution is -2.37. The number of fused-ring (bicyclic) bond motifs is 1. The number of aromatic nitrogens is 2. The first-order chi connectivity index (χ1) is 15.5. The molecule has 1 saturated heterocycles. The number of hydrogen-bond donors (Lipinski definition) is 2. The molecule has 166 valence electrons. The molecular weight excluding hydrogens is 400 g/mol. The van der Waals surface area contributed by atoms with Gasteiger partial charge in [-0.25, -0.2) is 4.98 Å². The summed E-state index contributed by atoms with van der Waals surface area (Å²) in [5, 5.41) is 8.31. The number of pyridine rings is 1. The van der Waals surface area contributed by atoms with E-state index in [1.54, 1.807) is 16.7 Å². The predicted molar refractivity (Wildman–Crippen MR) is 133 cm³/mol. The number of morpholine rings is 1. The average molecular weight is 431 g/mol. The first-order valence-electron chi connectivity index (χ1n) is 10.5. The molecule has 0 bridgehead atoms. The molecule has 0 saturated carbocycles. The van der Waals surface area contributed by atoms with Gasteiger partial charge < -0.3 is 25.7 Å². The third-order valence-corrected chi connectivity index (χ3v) is 5.47. The lowest BCUT2D eigenvalue weighted by molar-refractivity contribution is 0.122. The van der Waals surface area contributed by atoms with Gasteiger partial charge >= 0.3 is 0 Å². The van der Waals surface area contributed by atoms with E-state index in [1.165, 1.54) is 6.21 Å². The molecule has 0 unspecified atom stereocenters. The summed E-state index contributed by atoms with van der Waals surface area (Å²) in [5.74, 6) is 3.82. The Morgan fingerprint density at radius 1 is 1.44 bits per heavy atom. The van der Waals surface area contributed by atoms with Gasteiger partial charge in [-0.2, -0.15) is 0 Å². The minimum atomic E-state index is 0.433. The Morgan fingerprint density at radius 3 is 2.84 bits per heavy atom. The van der Waals surface area contributed by atoms with Gasteiger partial charge in [0.2, 0.25) is 0 Å². The van der Waals surface area contributed by atoms with E-state index >= 15 is 0 Å². The smallest absolute Gasteiger partial charge is 0.148 e. The van der Waals surface area contributed by atoms with Gasteiger partial charge in [0.1, 0.15) is 17.3 Å². The Bertz CT molecular complexity index is 1130. The number of ether oxygens (including phenoxy) is 1. The normalized spacial score (nSPS) is 15.2. The number of nitrogens with one attached hydrogen (secondary N) is 1. The van der Waals surface area contributed by atoms with Gasteiger partial charge in [0.25, 0.3) is 0 Å². The summed E-state index contributed by atoms with van der Waals surface area (Å²) in [6.07, 6.45) is 15.6. The van der Waals surface area contributed by atoms with Gasteiger partial charge in [-0.05, 0) is 42.9 Å². The van der Waals surface area contributed by atoms with E-state index in [0.29, 0.717) is 25.6 Å². The van der Waals surface area contributed by atoms with Gasteiger partial charge in [-0.3, -0.25) is 4.57 Å². The van der Waals surface area contributed by atoms with Gasteiger partial charge in [0.05, 0.1) is 13.2 Å². The van der Waals surface area contributed by atoms with Crippen LogP contribution < -0.4 is 10.6 Å². The van der Waals surface area contributed by atoms with Crippen molar-refractivity contribution in [2.45, 2.75) is 6.92 Å². The first-order valence-corrected chi connectivity index (χ1v) is 10.5. The van der Waals surface area contributed by atoms with Crippen LogP contribution in [0.4, 0.5) is 5.82 Å². The molecule has 7 nitrogen and oxygen atoms in total. The quantitative estimate of drug-likeness (QED) is 0.381. The van der Waals surface area contributed by atoms with Crippen molar-refractivity contribution in [1.29, 1.82) is 5.41 Å². The number of anilines is 1. The molecule has 7 heteroatoms. The molecule has 3 rings (SSSR count). The molecule has 2 aromatic heterocycles.